The number of halogens is 3. The summed E-state index contributed by atoms with van der Waals surface area (Å²) in [4.78, 5) is 31.1. The number of carbonyl (C=O) groups excluding carboxylic acids is 1. The zero-order valence-corrected chi connectivity index (χ0v) is 14.4. The number of pyridine rings is 2. The maximum absolute atomic E-state index is 13.0. The summed E-state index contributed by atoms with van der Waals surface area (Å²) in [6, 6.07) is 9.23. The Morgan fingerprint density at radius 1 is 1.11 bits per heavy atom. The number of amides is 1. The summed E-state index contributed by atoms with van der Waals surface area (Å²) in [6.45, 7) is -0.131. The molecule has 2 aromatic heterocycles. The van der Waals surface area contributed by atoms with E-state index in [2.05, 4.69) is 15.3 Å². The number of anilines is 1. The van der Waals surface area contributed by atoms with Crippen LogP contribution in [0.1, 0.15) is 21.5 Å². The molecule has 3 rings (SSSR count). The minimum absolute atomic E-state index is 0.0992. The van der Waals surface area contributed by atoms with Crippen molar-refractivity contribution in [1.82, 2.24) is 9.97 Å². The van der Waals surface area contributed by atoms with Gasteiger partial charge in [0.05, 0.1) is 5.56 Å². The van der Waals surface area contributed by atoms with E-state index in [1.165, 1.54) is 18.2 Å². The van der Waals surface area contributed by atoms with Gasteiger partial charge in [-0.15, -0.1) is 0 Å². The van der Waals surface area contributed by atoms with E-state index in [0.717, 1.165) is 12.1 Å². The second kappa shape index (κ2) is 7.65. The van der Waals surface area contributed by atoms with Crippen LogP contribution in [0, 0.1) is 0 Å². The number of benzene rings is 1. The monoisotopic (exact) mass is 388 g/mol. The van der Waals surface area contributed by atoms with Gasteiger partial charge in [-0.3, -0.25) is 14.6 Å². The fourth-order valence-corrected chi connectivity index (χ4v) is 2.60. The fourth-order valence-electron chi connectivity index (χ4n) is 2.60. The Labute approximate surface area is 157 Å². The molecule has 3 aromatic rings. The van der Waals surface area contributed by atoms with Crippen LogP contribution in [0.4, 0.5) is 18.9 Å². The molecule has 0 unspecified atom stereocenters. The van der Waals surface area contributed by atoms with E-state index in [9.17, 15) is 22.8 Å². The van der Waals surface area contributed by atoms with Crippen molar-refractivity contribution in [2.45, 2.75) is 12.7 Å². The lowest BCUT2D eigenvalue weighted by molar-refractivity contribution is -0.137. The molecule has 1 amide bonds. The van der Waals surface area contributed by atoms with E-state index < -0.39 is 23.2 Å². The number of carbonyl (C=O) groups is 1. The Balaban J connectivity index is 1.88. The third-order valence-electron chi connectivity index (χ3n) is 3.96. The minimum Gasteiger partial charge on any atom is -0.326 e. The van der Waals surface area contributed by atoms with Gasteiger partial charge < -0.3 is 16.0 Å². The number of aromatic nitrogens is 2. The predicted octanol–water partition coefficient (Wildman–Crippen LogP) is 3.17. The number of hydrogen-bond donors (Lipinski definition) is 3. The van der Waals surface area contributed by atoms with Gasteiger partial charge in [-0.05, 0) is 48.0 Å². The lowest BCUT2D eigenvalue weighted by Gasteiger charge is -2.12. The summed E-state index contributed by atoms with van der Waals surface area (Å²) in [5.74, 6) is -0.829. The molecule has 28 heavy (non-hydrogen) atoms. The van der Waals surface area contributed by atoms with E-state index in [1.54, 1.807) is 24.5 Å². The highest BCUT2D eigenvalue weighted by molar-refractivity contribution is 6.04. The predicted molar refractivity (Wildman–Crippen MR) is 97.6 cm³/mol. The lowest BCUT2D eigenvalue weighted by atomic mass is 10.1. The van der Waals surface area contributed by atoms with E-state index in [-0.39, 0.29) is 23.4 Å². The molecule has 144 valence electrons. The van der Waals surface area contributed by atoms with Crippen LogP contribution in [0.15, 0.2) is 59.7 Å². The van der Waals surface area contributed by atoms with E-state index >= 15 is 0 Å². The third-order valence-corrected chi connectivity index (χ3v) is 3.96. The molecule has 0 aliphatic carbocycles. The SMILES string of the molecule is NCc1cc(NC(=O)c2ccc(-c3ccncc3)[nH]c2=O)cc(C(F)(F)F)c1. The van der Waals surface area contributed by atoms with Gasteiger partial charge in [0.25, 0.3) is 11.5 Å². The van der Waals surface area contributed by atoms with Crippen molar-refractivity contribution in [3.63, 3.8) is 0 Å². The molecule has 2 heterocycles. The zero-order chi connectivity index (χ0) is 20.3. The number of aromatic amines is 1. The number of nitrogens with zero attached hydrogens (tertiary/aromatic N) is 1. The largest absolute Gasteiger partial charge is 0.416 e. The second-order valence-electron chi connectivity index (χ2n) is 5.93. The summed E-state index contributed by atoms with van der Waals surface area (Å²) >= 11 is 0. The van der Waals surface area contributed by atoms with Gasteiger partial charge in [-0.25, -0.2) is 0 Å². The van der Waals surface area contributed by atoms with Gasteiger partial charge in [0, 0.05) is 35.9 Å². The first-order valence-corrected chi connectivity index (χ1v) is 8.14. The van der Waals surface area contributed by atoms with Crippen LogP contribution in [0.2, 0.25) is 0 Å². The number of rotatable bonds is 4. The van der Waals surface area contributed by atoms with Crippen molar-refractivity contribution in [1.29, 1.82) is 0 Å². The van der Waals surface area contributed by atoms with Crippen LogP contribution in [-0.2, 0) is 12.7 Å². The molecule has 4 N–H and O–H groups in total. The number of hydrogen-bond acceptors (Lipinski definition) is 4. The minimum atomic E-state index is -4.59. The van der Waals surface area contributed by atoms with Crippen molar-refractivity contribution >= 4 is 11.6 Å². The van der Waals surface area contributed by atoms with Crippen LogP contribution < -0.4 is 16.6 Å². The smallest absolute Gasteiger partial charge is 0.326 e. The second-order valence-corrected chi connectivity index (χ2v) is 5.93. The molecule has 1 aromatic carbocycles. The highest BCUT2D eigenvalue weighted by Crippen LogP contribution is 2.32. The molecule has 0 saturated heterocycles. The summed E-state index contributed by atoms with van der Waals surface area (Å²) in [5.41, 5.74) is 4.87. The molecular formula is C19H15F3N4O2. The highest BCUT2D eigenvalue weighted by Gasteiger charge is 2.31. The van der Waals surface area contributed by atoms with Crippen molar-refractivity contribution in [2.24, 2.45) is 5.73 Å². The zero-order valence-electron chi connectivity index (χ0n) is 14.4. The van der Waals surface area contributed by atoms with Crippen LogP contribution in [-0.4, -0.2) is 15.9 Å². The summed E-state index contributed by atoms with van der Waals surface area (Å²) in [7, 11) is 0. The Morgan fingerprint density at radius 2 is 1.82 bits per heavy atom. The molecular weight excluding hydrogens is 373 g/mol. The number of nitrogens with two attached hydrogens (primary N) is 1. The van der Waals surface area contributed by atoms with Gasteiger partial charge in [0.1, 0.15) is 5.56 Å². The average Bonchev–Trinajstić information content (AvgIpc) is 2.67. The van der Waals surface area contributed by atoms with Gasteiger partial charge in [-0.2, -0.15) is 13.2 Å². The Bertz CT molecular complexity index is 1060. The summed E-state index contributed by atoms with van der Waals surface area (Å²) in [6.07, 6.45) is -1.48. The lowest BCUT2D eigenvalue weighted by Crippen LogP contribution is -2.23. The van der Waals surface area contributed by atoms with Gasteiger partial charge in [0.2, 0.25) is 0 Å². The standard InChI is InChI=1S/C19H15F3N4O2/c20-19(21,22)13-7-11(10-23)8-14(9-13)25-17(27)15-1-2-16(26-18(15)28)12-3-5-24-6-4-12/h1-9H,10,23H2,(H,25,27)(H,26,28). The van der Waals surface area contributed by atoms with E-state index in [1.807, 2.05) is 0 Å². The topological polar surface area (TPSA) is 101 Å². The summed E-state index contributed by atoms with van der Waals surface area (Å²) in [5, 5.41) is 2.32. The first-order chi connectivity index (χ1) is 13.3. The van der Waals surface area contributed by atoms with Crippen molar-refractivity contribution < 1.29 is 18.0 Å². The highest BCUT2D eigenvalue weighted by atomic mass is 19.4. The summed E-state index contributed by atoms with van der Waals surface area (Å²) < 4.78 is 39.0. The Hall–Kier alpha value is -3.46. The first kappa shape index (κ1) is 19.3. The van der Waals surface area contributed by atoms with Gasteiger partial charge >= 0.3 is 6.18 Å². The van der Waals surface area contributed by atoms with Gasteiger partial charge in [0.15, 0.2) is 0 Å². The number of alkyl halides is 3. The molecule has 0 atom stereocenters. The molecule has 0 saturated carbocycles. The van der Waals surface area contributed by atoms with Crippen LogP contribution in [0.25, 0.3) is 11.3 Å². The van der Waals surface area contributed by atoms with Crippen LogP contribution in [0.5, 0.6) is 0 Å². The van der Waals surface area contributed by atoms with E-state index in [0.29, 0.717) is 11.3 Å². The normalized spacial score (nSPS) is 11.3. The fraction of sp³-hybridized carbons (Fsp3) is 0.105. The molecule has 0 bridgehead atoms. The van der Waals surface area contributed by atoms with Crippen molar-refractivity contribution in [3.05, 3.63) is 81.9 Å². The van der Waals surface area contributed by atoms with Crippen LogP contribution >= 0.6 is 0 Å². The van der Waals surface area contributed by atoms with Gasteiger partial charge in [-0.1, -0.05) is 0 Å². The van der Waals surface area contributed by atoms with E-state index in [4.69, 9.17) is 5.73 Å². The van der Waals surface area contributed by atoms with Crippen LogP contribution in [0.3, 0.4) is 0 Å². The molecule has 0 aliphatic heterocycles. The van der Waals surface area contributed by atoms with Crippen molar-refractivity contribution in [3.8, 4) is 11.3 Å². The quantitative estimate of drug-likeness (QED) is 0.639. The molecule has 9 heteroatoms. The number of nitrogens with one attached hydrogen (secondary N) is 2. The Kier molecular flexibility index (Phi) is 5.27. The third kappa shape index (κ3) is 4.26. The Morgan fingerprint density at radius 3 is 2.43 bits per heavy atom. The average molecular weight is 388 g/mol. The first-order valence-electron chi connectivity index (χ1n) is 8.14. The number of H-pyrrole nitrogens is 1. The maximum atomic E-state index is 13.0. The molecule has 0 radical (unpaired) electrons. The van der Waals surface area contributed by atoms with Crippen molar-refractivity contribution in [2.75, 3.05) is 5.32 Å². The molecule has 6 nitrogen and oxygen atoms in total. The molecule has 0 aliphatic rings. The molecule has 0 spiro atoms. The maximum Gasteiger partial charge on any atom is 0.416 e. The molecule has 0 fully saturated rings.